The predicted molar refractivity (Wildman–Crippen MR) is 166 cm³/mol. The van der Waals surface area contributed by atoms with E-state index in [2.05, 4.69) is 5.92 Å². The number of benzene rings is 1. The van der Waals surface area contributed by atoms with E-state index in [1.807, 2.05) is 0 Å². The number of ether oxygens (including phenoxy) is 8. The molecule has 1 rings (SSSR count). The third-order valence-electron chi connectivity index (χ3n) is 6.01. The Bertz CT molecular complexity index is 946. The van der Waals surface area contributed by atoms with Crippen LogP contribution in [-0.2, 0) is 47.5 Å². The molecule has 12 nitrogen and oxygen atoms in total. The highest BCUT2D eigenvalue weighted by Crippen LogP contribution is 2.08. The predicted octanol–water partition coefficient (Wildman–Crippen LogP) is 2.98. The maximum atomic E-state index is 12.2. The molecule has 254 valence electrons. The molecule has 0 fully saturated rings. The lowest BCUT2D eigenvalue weighted by atomic mass is 10.0. The molecule has 0 aliphatic carbocycles. The minimum absolute atomic E-state index is 0.0140. The zero-order chi connectivity index (χ0) is 32.6. The minimum atomic E-state index is -0.884. The van der Waals surface area contributed by atoms with Gasteiger partial charge in [-0.25, -0.2) is 0 Å². The van der Waals surface area contributed by atoms with Crippen LogP contribution in [0, 0.1) is 12.3 Å². The van der Waals surface area contributed by atoms with Crippen molar-refractivity contribution in [3.8, 4) is 12.3 Å². The lowest BCUT2D eigenvalue weighted by molar-refractivity contribution is -0.138. The maximum absolute atomic E-state index is 12.2. The van der Waals surface area contributed by atoms with Gasteiger partial charge in [-0.05, 0) is 25.0 Å². The average Bonchev–Trinajstić information content (AvgIpc) is 3.04. The van der Waals surface area contributed by atoms with Crippen molar-refractivity contribution in [2.24, 2.45) is 0 Å². The number of ketones is 2. The summed E-state index contributed by atoms with van der Waals surface area (Å²) in [5.74, 6) is 1.84. The third-order valence-corrected chi connectivity index (χ3v) is 6.01. The van der Waals surface area contributed by atoms with E-state index in [0.29, 0.717) is 142 Å². The summed E-state index contributed by atoms with van der Waals surface area (Å²) in [5, 5.41) is 8.49. The van der Waals surface area contributed by atoms with Crippen LogP contribution in [0.2, 0.25) is 0 Å². The molecule has 45 heavy (non-hydrogen) atoms. The van der Waals surface area contributed by atoms with Crippen LogP contribution in [0.5, 0.6) is 0 Å². The average molecular weight is 639 g/mol. The van der Waals surface area contributed by atoms with Gasteiger partial charge in [0.1, 0.15) is 5.78 Å². The van der Waals surface area contributed by atoms with Crippen LogP contribution in [0.4, 0.5) is 0 Å². The number of terminal acetylenes is 1. The Morgan fingerprint density at radius 2 is 0.978 bits per heavy atom. The maximum Gasteiger partial charge on any atom is 0.305 e. The number of carboxylic acid groups (broad SMARTS) is 1. The Morgan fingerprint density at radius 1 is 0.556 bits per heavy atom. The Balaban J connectivity index is 1.74. The molecule has 0 saturated carbocycles. The van der Waals surface area contributed by atoms with Crippen LogP contribution in [-0.4, -0.2) is 128 Å². The first-order valence-electron chi connectivity index (χ1n) is 15.5. The fourth-order valence-electron chi connectivity index (χ4n) is 3.63. The lowest BCUT2D eigenvalue weighted by Gasteiger charge is -2.08. The fourth-order valence-corrected chi connectivity index (χ4v) is 3.63. The lowest BCUT2D eigenvalue weighted by Crippen LogP contribution is -2.13. The van der Waals surface area contributed by atoms with Gasteiger partial charge in [-0.15, -0.1) is 6.42 Å². The van der Waals surface area contributed by atoms with Crippen molar-refractivity contribution < 1.29 is 57.4 Å². The van der Waals surface area contributed by atoms with E-state index in [-0.39, 0.29) is 24.6 Å². The summed E-state index contributed by atoms with van der Waals surface area (Å²) < 4.78 is 43.1. The normalized spacial score (nSPS) is 11.0. The van der Waals surface area contributed by atoms with Crippen LogP contribution in [0.1, 0.15) is 54.4 Å². The van der Waals surface area contributed by atoms with Crippen molar-refractivity contribution in [1.29, 1.82) is 0 Å². The summed E-state index contributed by atoms with van der Waals surface area (Å²) >= 11 is 0. The van der Waals surface area contributed by atoms with Crippen molar-refractivity contribution in [2.45, 2.75) is 38.5 Å². The highest BCUT2D eigenvalue weighted by atomic mass is 16.6. The second-order valence-corrected chi connectivity index (χ2v) is 9.69. The van der Waals surface area contributed by atoms with Crippen LogP contribution < -0.4 is 0 Å². The Hall–Kier alpha value is -2.73. The number of carbonyl (C=O) groups excluding carboxylic acids is 2. The summed E-state index contributed by atoms with van der Waals surface area (Å²) in [4.78, 5) is 34.5. The SMILES string of the molecule is C#Cc1cccc(C(=O)CCCOCCOCCOCCOCCC(=O)CCCOCCOCCOCCOCCC(=O)O)c1. The van der Waals surface area contributed by atoms with Gasteiger partial charge in [0.25, 0.3) is 0 Å². The molecule has 0 aliphatic heterocycles. The van der Waals surface area contributed by atoms with Crippen LogP contribution in [0.25, 0.3) is 0 Å². The summed E-state index contributed by atoms with van der Waals surface area (Å²) in [6.07, 6.45) is 7.87. The topological polar surface area (TPSA) is 145 Å². The fraction of sp³-hybridized carbons (Fsp3) is 0.667. The van der Waals surface area contributed by atoms with Crippen molar-refractivity contribution in [2.75, 3.05) is 106 Å². The number of Topliss-reactive ketones (excluding diaryl/α,β-unsaturated/α-hetero) is 2. The number of hydrogen-bond donors (Lipinski definition) is 1. The molecule has 1 aromatic rings. The molecule has 0 aliphatic rings. The van der Waals surface area contributed by atoms with Crippen molar-refractivity contribution >= 4 is 17.5 Å². The van der Waals surface area contributed by atoms with Gasteiger partial charge in [0.05, 0.1) is 98.9 Å². The molecule has 0 unspecified atom stereocenters. The van der Waals surface area contributed by atoms with E-state index >= 15 is 0 Å². The first-order valence-corrected chi connectivity index (χ1v) is 15.5. The monoisotopic (exact) mass is 638 g/mol. The van der Waals surface area contributed by atoms with Gasteiger partial charge in [0, 0.05) is 43.6 Å². The van der Waals surface area contributed by atoms with E-state index < -0.39 is 5.97 Å². The summed E-state index contributed by atoms with van der Waals surface area (Å²) in [5.41, 5.74) is 1.33. The molecule has 0 atom stereocenters. The van der Waals surface area contributed by atoms with Crippen LogP contribution in [0.3, 0.4) is 0 Å². The molecule has 0 heterocycles. The van der Waals surface area contributed by atoms with E-state index in [0.717, 1.165) is 0 Å². The Labute approximate surface area is 266 Å². The number of hydrogen-bond acceptors (Lipinski definition) is 11. The summed E-state index contributed by atoms with van der Waals surface area (Å²) in [6, 6.07) is 7.08. The number of aliphatic carboxylic acids is 1. The second kappa shape index (κ2) is 30.0. The molecule has 1 N–H and O–H groups in total. The van der Waals surface area contributed by atoms with E-state index in [9.17, 15) is 14.4 Å². The Morgan fingerprint density at radius 3 is 1.44 bits per heavy atom. The second-order valence-electron chi connectivity index (χ2n) is 9.69. The molecule has 0 amide bonds. The molecule has 12 heteroatoms. The smallest absolute Gasteiger partial charge is 0.305 e. The standard InChI is InChI=1S/C33H50O12/c1-2-29-6-3-7-30(28-29)32(35)9-5-13-39-17-21-43-24-26-44-22-18-40-14-10-31(34)8-4-12-38-16-20-42-25-27-45-23-19-41-15-11-33(36)37/h1,3,6-7,28H,4-5,8-27H2,(H,36,37). The molecular formula is C33H50O12. The molecule has 0 aromatic heterocycles. The Kier molecular flexibility index (Phi) is 26.8. The molecule has 0 spiro atoms. The van der Waals surface area contributed by atoms with Gasteiger partial charge in [0.15, 0.2) is 5.78 Å². The largest absolute Gasteiger partial charge is 0.481 e. The zero-order valence-corrected chi connectivity index (χ0v) is 26.4. The van der Waals surface area contributed by atoms with Gasteiger partial charge < -0.3 is 43.0 Å². The van der Waals surface area contributed by atoms with Crippen molar-refractivity contribution in [3.63, 3.8) is 0 Å². The van der Waals surface area contributed by atoms with Gasteiger partial charge in [-0.1, -0.05) is 18.1 Å². The number of rotatable bonds is 33. The number of carboxylic acids is 1. The van der Waals surface area contributed by atoms with E-state index in [1.54, 1.807) is 24.3 Å². The van der Waals surface area contributed by atoms with Crippen molar-refractivity contribution in [3.05, 3.63) is 35.4 Å². The third kappa shape index (κ3) is 26.2. The minimum Gasteiger partial charge on any atom is -0.481 e. The van der Waals surface area contributed by atoms with Gasteiger partial charge in [-0.3, -0.25) is 14.4 Å². The van der Waals surface area contributed by atoms with Gasteiger partial charge >= 0.3 is 5.97 Å². The van der Waals surface area contributed by atoms with Crippen molar-refractivity contribution in [1.82, 2.24) is 0 Å². The van der Waals surface area contributed by atoms with Gasteiger partial charge in [0.2, 0.25) is 0 Å². The summed E-state index contributed by atoms with van der Waals surface area (Å²) in [6.45, 7) is 6.65. The number of carbonyl (C=O) groups is 3. The highest BCUT2D eigenvalue weighted by molar-refractivity contribution is 5.96. The van der Waals surface area contributed by atoms with E-state index in [4.69, 9.17) is 49.4 Å². The van der Waals surface area contributed by atoms with E-state index in [1.165, 1.54) is 0 Å². The first kappa shape index (κ1) is 40.3. The molecule has 1 aromatic carbocycles. The quantitative estimate of drug-likeness (QED) is 0.0686. The highest BCUT2D eigenvalue weighted by Gasteiger charge is 2.06. The van der Waals surface area contributed by atoms with Crippen LogP contribution >= 0.6 is 0 Å². The molecule has 0 saturated heterocycles. The van der Waals surface area contributed by atoms with Gasteiger partial charge in [-0.2, -0.15) is 0 Å². The first-order chi connectivity index (χ1) is 22.0. The molecule has 0 bridgehead atoms. The van der Waals surface area contributed by atoms with Crippen LogP contribution in [0.15, 0.2) is 24.3 Å². The zero-order valence-electron chi connectivity index (χ0n) is 26.4. The summed E-state index contributed by atoms with van der Waals surface area (Å²) in [7, 11) is 0. The molecule has 0 radical (unpaired) electrons. The molecular weight excluding hydrogens is 588 g/mol.